The Kier molecular flexibility index (Phi) is 3.52. The summed E-state index contributed by atoms with van der Waals surface area (Å²) in [7, 11) is 1.94. The van der Waals surface area contributed by atoms with Crippen LogP contribution in [0.3, 0.4) is 0 Å². The van der Waals surface area contributed by atoms with E-state index in [0.717, 1.165) is 24.5 Å². The lowest BCUT2D eigenvalue weighted by atomic mass is 9.94. The monoisotopic (exact) mass is 278 g/mol. The fraction of sp³-hybridized carbons (Fsp3) is 0.714. The van der Waals surface area contributed by atoms with Crippen LogP contribution in [0.1, 0.15) is 37.4 Å². The second-order valence-electron chi connectivity index (χ2n) is 5.98. The smallest absolute Gasteiger partial charge is 0.136 e. The van der Waals surface area contributed by atoms with Gasteiger partial charge in [0.1, 0.15) is 17.5 Å². The molecule has 6 heteroatoms. The zero-order valence-electron chi connectivity index (χ0n) is 11.9. The van der Waals surface area contributed by atoms with Crippen LogP contribution in [0.2, 0.25) is 0 Å². The molecule has 3 rings (SSSR count). The van der Waals surface area contributed by atoms with E-state index >= 15 is 0 Å². The number of hydrogen-bond acceptors (Lipinski definition) is 6. The number of nitrogens with zero attached hydrogens (tertiary/aromatic N) is 3. The largest absolute Gasteiger partial charge is 0.388 e. The van der Waals surface area contributed by atoms with E-state index in [9.17, 15) is 5.11 Å². The van der Waals surface area contributed by atoms with Gasteiger partial charge in [-0.2, -0.15) is 0 Å². The highest BCUT2D eigenvalue weighted by molar-refractivity contribution is 5.47. The minimum absolute atomic E-state index is 0.469. The number of aliphatic hydroxyl groups is 1. The lowest BCUT2D eigenvalue weighted by molar-refractivity contribution is -0.0573. The standard InChI is InChI=1S/C14H22N4O2/c1-18(9-14(19)4-6-20-7-5-14)12-8-11(15)16-13(17-12)10-2-3-10/h8,10,19H,2-7,9H2,1H3,(H2,15,16,17). The molecule has 6 nitrogen and oxygen atoms in total. The molecular formula is C14H22N4O2. The fourth-order valence-electron chi connectivity index (χ4n) is 2.62. The van der Waals surface area contributed by atoms with Crippen molar-refractivity contribution < 1.29 is 9.84 Å². The van der Waals surface area contributed by atoms with Gasteiger partial charge in [-0.15, -0.1) is 0 Å². The summed E-state index contributed by atoms with van der Waals surface area (Å²) in [5, 5.41) is 10.6. The van der Waals surface area contributed by atoms with Crippen LogP contribution in [0.25, 0.3) is 0 Å². The van der Waals surface area contributed by atoms with E-state index < -0.39 is 5.60 Å². The van der Waals surface area contributed by atoms with Crippen LogP contribution in [0.5, 0.6) is 0 Å². The summed E-state index contributed by atoms with van der Waals surface area (Å²) < 4.78 is 5.31. The Balaban J connectivity index is 1.74. The van der Waals surface area contributed by atoms with Crippen LogP contribution < -0.4 is 10.6 Å². The van der Waals surface area contributed by atoms with Gasteiger partial charge in [0.25, 0.3) is 0 Å². The molecule has 1 saturated carbocycles. The first-order chi connectivity index (χ1) is 9.56. The summed E-state index contributed by atoms with van der Waals surface area (Å²) in [4.78, 5) is 10.9. The molecule has 0 bridgehead atoms. The molecular weight excluding hydrogens is 256 g/mol. The molecule has 0 aromatic carbocycles. The average molecular weight is 278 g/mol. The van der Waals surface area contributed by atoms with Crippen LogP contribution in [-0.4, -0.2) is 47.5 Å². The molecule has 0 radical (unpaired) electrons. The maximum atomic E-state index is 10.6. The Labute approximate surface area is 119 Å². The molecule has 1 saturated heterocycles. The van der Waals surface area contributed by atoms with Crippen molar-refractivity contribution in [2.75, 3.05) is 37.4 Å². The summed E-state index contributed by atoms with van der Waals surface area (Å²) in [6, 6.07) is 1.77. The van der Waals surface area contributed by atoms with Gasteiger partial charge in [0.2, 0.25) is 0 Å². The zero-order chi connectivity index (χ0) is 14.2. The van der Waals surface area contributed by atoms with Crippen LogP contribution >= 0.6 is 0 Å². The highest BCUT2D eigenvalue weighted by Crippen LogP contribution is 2.39. The molecule has 20 heavy (non-hydrogen) atoms. The minimum Gasteiger partial charge on any atom is -0.388 e. The van der Waals surface area contributed by atoms with Crippen molar-refractivity contribution in [2.45, 2.75) is 37.2 Å². The highest BCUT2D eigenvalue weighted by atomic mass is 16.5. The average Bonchev–Trinajstić information content (AvgIpc) is 3.22. The van der Waals surface area contributed by atoms with Gasteiger partial charge in [0, 0.05) is 51.6 Å². The number of rotatable bonds is 4. The van der Waals surface area contributed by atoms with E-state index in [1.807, 2.05) is 11.9 Å². The van der Waals surface area contributed by atoms with Crippen LogP contribution in [-0.2, 0) is 4.74 Å². The molecule has 1 aliphatic carbocycles. The fourth-order valence-corrected chi connectivity index (χ4v) is 2.62. The first-order valence-electron chi connectivity index (χ1n) is 7.21. The maximum absolute atomic E-state index is 10.6. The van der Waals surface area contributed by atoms with Crippen molar-refractivity contribution in [3.8, 4) is 0 Å². The maximum Gasteiger partial charge on any atom is 0.136 e. The van der Waals surface area contributed by atoms with Gasteiger partial charge >= 0.3 is 0 Å². The number of ether oxygens (including phenoxy) is 1. The lowest BCUT2D eigenvalue weighted by Crippen LogP contribution is -2.46. The van der Waals surface area contributed by atoms with E-state index in [2.05, 4.69) is 9.97 Å². The number of hydrogen-bond donors (Lipinski definition) is 2. The van der Waals surface area contributed by atoms with Crippen molar-refractivity contribution in [1.82, 2.24) is 9.97 Å². The van der Waals surface area contributed by atoms with Crippen molar-refractivity contribution in [1.29, 1.82) is 0 Å². The second-order valence-corrected chi connectivity index (χ2v) is 5.98. The first kappa shape index (κ1) is 13.6. The Bertz CT molecular complexity index is 484. The van der Waals surface area contributed by atoms with E-state index in [1.165, 1.54) is 0 Å². The SMILES string of the molecule is CN(CC1(O)CCOCC1)c1cc(N)nc(C2CC2)n1. The van der Waals surface area contributed by atoms with Gasteiger partial charge in [0.15, 0.2) is 0 Å². The van der Waals surface area contributed by atoms with E-state index in [0.29, 0.717) is 44.3 Å². The van der Waals surface area contributed by atoms with Gasteiger partial charge in [-0.25, -0.2) is 9.97 Å². The molecule has 1 aromatic rings. The summed E-state index contributed by atoms with van der Waals surface area (Å²) in [6.07, 6.45) is 3.61. The summed E-state index contributed by atoms with van der Waals surface area (Å²) >= 11 is 0. The topological polar surface area (TPSA) is 84.5 Å². The molecule has 0 amide bonds. The molecule has 2 aliphatic rings. The van der Waals surface area contributed by atoms with Gasteiger partial charge < -0.3 is 20.5 Å². The van der Waals surface area contributed by atoms with Gasteiger partial charge in [-0.3, -0.25) is 0 Å². The lowest BCUT2D eigenvalue weighted by Gasteiger charge is -2.35. The van der Waals surface area contributed by atoms with E-state index in [4.69, 9.17) is 10.5 Å². The third-order valence-corrected chi connectivity index (χ3v) is 4.04. The molecule has 0 unspecified atom stereocenters. The van der Waals surface area contributed by atoms with Gasteiger partial charge in [0.05, 0.1) is 5.60 Å². The Hall–Kier alpha value is -1.40. The Morgan fingerprint density at radius 1 is 1.40 bits per heavy atom. The Morgan fingerprint density at radius 2 is 2.10 bits per heavy atom. The molecule has 1 aromatic heterocycles. The quantitative estimate of drug-likeness (QED) is 0.851. The van der Waals surface area contributed by atoms with Crippen LogP contribution in [0.4, 0.5) is 11.6 Å². The van der Waals surface area contributed by atoms with Gasteiger partial charge in [-0.1, -0.05) is 0 Å². The molecule has 0 spiro atoms. The molecule has 110 valence electrons. The van der Waals surface area contributed by atoms with Crippen LogP contribution in [0.15, 0.2) is 6.07 Å². The number of likely N-dealkylation sites (N-methyl/N-ethyl adjacent to an activating group) is 1. The van der Waals surface area contributed by atoms with Crippen molar-refractivity contribution in [3.63, 3.8) is 0 Å². The third kappa shape index (κ3) is 3.02. The number of nitrogen functional groups attached to an aromatic ring is 1. The molecule has 0 atom stereocenters. The van der Waals surface area contributed by atoms with E-state index in [-0.39, 0.29) is 0 Å². The summed E-state index contributed by atoms with van der Waals surface area (Å²) in [6.45, 7) is 1.77. The third-order valence-electron chi connectivity index (χ3n) is 4.04. The summed E-state index contributed by atoms with van der Waals surface area (Å²) in [5.74, 6) is 2.60. The van der Waals surface area contributed by atoms with Gasteiger partial charge in [-0.05, 0) is 12.8 Å². The molecule has 2 fully saturated rings. The number of aromatic nitrogens is 2. The zero-order valence-corrected chi connectivity index (χ0v) is 11.9. The van der Waals surface area contributed by atoms with E-state index in [1.54, 1.807) is 6.07 Å². The normalized spacial score (nSPS) is 21.7. The Morgan fingerprint density at radius 3 is 2.75 bits per heavy atom. The van der Waals surface area contributed by atoms with Crippen molar-refractivity contribution in [3.05, 3.63) is 11.9 Å². The molecule has 1 aliphatic heterocycles. The van der Waals surface area contributed by atoms with Crippen molar-refractivity contribution in [2.24, 2.45) is 0 Å². The minimum atomic E-state index is -0.702. The highest BCUT2D eigenvalue weighted by Gasteiger charge is 2.32. The molecule has 2 heterocycles. The van der Waals surface area contributed by atoms with Crippen LogP contribution in [0, 0.1) is 0 Å². The second kappa shape index (κ2) is 5.18. The first-order valence-corrected chi connectivity index (χ1v) is 7.21. The molecule has 3 N–H and O–H groups in total. The van der Waals surface area contributed by atoms with Crippen molar-refractivity contribution >= 4 is 11.6 Å². The summed E-state index contributed by atoms with van der Waals surface area (Å²) in [5.41, 5.74) is 5.17. The number of anilines is 2. The predicted molar refractivity (Wildman–Crippen MR) is 76.7 cm³/mol. The number of nitrogens with two attached hydrogens (primary N) is 1. The predicted octanol–water partition coefficient (Wildman–Crippen LogP) is 0.914.